The second-order valence-corrected chi connectivity index (χ2v) is 5.90. The summed E-state index contributed by atoms with van der Waals surface area (Å²) in [5, 5.41) is 0. The number of Topliss-reactive ketones (excluding diaryl/α,β-unsaturated/α-hetero) is 1. The lowest BCUT2D eigenvalue weighted by Crippen LogP contribution is -2.17. The summed E-state index contributed by atoms with van der Waals surface area (Å²) in [5.74, 6) is -0.101. The molecule has 2 atom stereocenters. The van der Waals surface area contributed by atoms with E-state index in [1.54, 1.807) is 24.3 Å². The van der Waals surface area contributed by atoms with Crippen molar-refractivity contribution in [2.45, 2.75) is 24.8 Å². The summed E-state index contributed by atoms with van der Waals surface area (Å²) in [7, 11) is -3.46. The van der Waals surface area contributed by atoms with Crippen LogP contribution in [0.15, 0.2) is 29.2 Å². The Balaban J connectivity index is 2.28. The van der Waals surface area contributed by atoms with Crippen LogP contribution in [-0.2, 0) is 14.8 Å². The molecule has 1 aliphatic rings. The van der Waals surface area contributed by atoms with Crippen LogP contribution in [0.2, 0.25) is 0 Å². The standard InChI is InChI=1S/C11H13NO3S/c1-8-3-5-10(6-4-8)16(14,15)12-7-11(12)9(2)13/h3-6,11H,7H2,1-2H3/t11-,12?/m1/s1. The highest BCUT2D eigenvalue weighted by Crippen LogP contribution is 2.28. The van der Waals surface area contributed by atoms with Gasteiger partial charge in [-0.2, -0.15) is 4.31 Å². The van der Waals surface area contributed by atoms with Gasteiger partial charge in [0.25, 0.3) is 0 Å². The van der Waals surface area contributed by atoms with E-state index in [0.717, 1.165) is 5.56 Å². The Bertz CT molecular complexity index is 519. The first kappa shape index (κ1) is 11.3. The number of carbonyl (C=O) groups is 1. The van der Waals surface area contributed by atoms with Gasteiger partial charge in [0, 0.05) is 6.54 Å². The predicted octanol–water partition coefficient (Wildman–Crippen LogP) is 0.957. The van der Waals surface area contributed by atoms with E-state index in [1.165, 1.54) is 11.2 Å². The molecule has 0 aromatic heterocycles. The molecule has 86 valence electrons. The number of hydrogen-bond acceptors (Lipinski definition) is 3. The van der Waals surface area contributed by atoms with E-state index in [9.17, 15) is 13.2 Å². The first-order valence-corrected chi connectivity index (χ1v) is 6.46. The largest absolute Gasteiger partial charge is 0.298 e. The van der Waals surface area contributed by atoms with Gasteiger partial charge in [0.15, 0.2) is 0 Å². The molecular formula is C11H13NO3S. The smallest absolute Gasteiger partial charge is 0.243 e. The van der Waals surface area contributed by atoms with E-state index in [1.807, 2.05) is 6.92 Å². The lowest BCUT2D eigenvalue weighted by molar-refractivity contribution is -0.116. The summed E-state index contributed by atoms with van der Waals surface area (Å²) in [5.41, 5.74) is 1.01. The third kappa shape index (κ3) is 1.88. The molecule has 0 aliphatic carbocycles. The Labute approximate surface area is 94.9 Å². The molecule has 2 rings (SSSR count). The fourth-order valence-electron chi connectivity index (χ4n) is 1.57. The molecule has 5 heteroatoms. The summed E-state index contributed by atoms with van der Waals surface area (Å²) >= 11 is 0. The maximum absolute atomic E-state index is 12.0. The number of hydrogen-bond donors (Lipinski definition) is 0. The van der Waals surface area contributed by atoms with Crippen molar-refractivity contribution in [2.24, 2.45) is 0 Å². The third-order valence-electron chi connectivity index (χ3n) is 2.66. The second kappa shape index (κ2) is 3.68. The molecule has 0 N–H and O–H groups in total. The minimum atomic E-state index is -3.46. The number of ketones is 1. The van der Waals surface area contributed by atoms with Crippen molar-refractivity contribution in [1.82, 2.24) is 4.31 Å². The Hall–Kier alpha value is -1.20. The van der Waals surface area contributed by atoms with Gasteiger partial charge in [-0.05, 0) is 26.0 Å². The average molecular weight is 239 g/mol. The first-order valence-electron chi connectivity index (χ1n) is 5.02. The normalized spacial score (nSPS) is 24.1. The number of nitrogens with zero attached hydrogens (tertiary/aromatic N) is 1. The molecular weight excluding hydrogens is 226 g/mol. The van der Waals surface area contributed by atoms with Gasteiger partial charge < -0.3 is 0 Å². The van der Waals surface area contributed by atoms with Crippen molar-refractivity contribution >= 4 is 15.8 Å². The van der Waals surface area contributed by atoms with E-state index in [-0.39, 0.29) is 10.7 Å². The van der Waals surface area contributed by atoms with Crippen LogP contribution in [0, 0.1) is 6.92 Å². The zero-order valence-corrected chi connectivity index (χ0v) is 9.99. The SMILES string of the molecule is CC(=O)[C@H]1CN1S(=O)(=O)c1ccc(C)cc1. The quantitative estimate of drug-likeness (QED) is 0.738. The minimum absolute atomic E-state index is 0.101. The molecule has 0 bridgehead atoms. The molecule has 1 aromatic carbocycles. The van der Waals surface area contributed by atoms with E-state index >= 15 is 0 Å². The summed E-state index contributed by atoms with van der Waals surface area (Å²) in [6.45, 7) is 3.62. The molecule has 0 saturated carbocycles. The monoisotopic (exact) mass is 239 g/mol. The van der Waals surface area contributed by atoms with Crippen molar-refractivity contribution in [2.75, 3.05) is 6.54 Å². The number of benzene rings is 1. The van der Waals surface area contributed by atoms with Gasteiger partial charge in [-0.1, -0.05) is 17.7 Å². The number of carbonyl (C=O) groups excluding carboxylic acids is 1. The summed E-state index contributed by atoms with van der Waals surface area (Å²) < 4.78 is 25.2. The summed E-state index contributed by atoms with van der Waals surface area (Å²) in [4.78, 5) is 11.3. The Morgan fingerprint density at radius 3 is 2.31 bits per heavy atom. The molecule has 1 heterocycles. The van der Waals surface area contributed by atoms with Gasteiger partial charge in [0.1, 0.15) is 5.78 Å². The average Bonchev–Trinajstić information content (AvgIpc) is 2.98. The number of sulfonamides is 1. The van der Waals surface area contributed by atoms with Gasteiger partial charge >= 0.3 is 0 Å². The van der Waals surface area contributed by atoms with Crippen LogP contribution < -0.4 is 0 Å². The molecule has 1 fully saturated rings. The Morgan fingerprint density at radius 2 is 1.88 bits per heavy atom. The van der Waals surface area contributed by atoms with Crippen molar-refractivity contribution in [3.05, 3.63) is 29.8 Å². The van der Waals surface area contributed by atoms with Crippen molar-refractivity contribution in [3.8, 4) is 0 Å². The van der Waals surface area contributed by atoms with Crippen molar-refractivity contribution in [3.63, 3.8) is 0 Å². The number of aryl methyl sites for hydroxylation is 1. The Morgan fingerprint density at radius 1 is 1.31 bits per heavy atom. The lowest BCUT2D eigenvalue weighted by atomic mass is 10.2. The van der Waals surface area contributed by atoms with E-state index in [4.69, 9.17) is 0 Å². The fraction of sp³-hybridized carbons (Fsp3) is 0.364. The molecule has 1 aliphatic heterocycles. The molecule has 0 amide bonds. The van der Waals surface area contributed by atoms with Crippen LogP contribution >= 0.6 is 0 Å². The highest BCUT2D eigenvalue weighted by molar-refractivity contribution is 7.89. The van der Waals surface area contributed by atoms with E-state index in [0.29, 0.717) is 6.54 Å². The molecule has 1 aromatic rings. The second-order valence-electron chi connectivity index (χ2n) is 4.01. The third-order valence-corrected chi connectivity index (χ3v) is 4.55. The predicted molar refractivity (Wildman–Crippen MR) is 59.5 cm³/mol. The maximum Gasteiger partial charge on any atom is 0.243 e. The first-order chi connectivity index (χ1) is 7.43. The van der Waals surface area contributed by atoms with Crippen LogP contribution in [0.1, 0.15) is 12.5 Å². The minimum Gasteiger partial charge on any atom is -0.298 e. The lowest BCUT2D eigenvalue weighted by Gasteiger charge is -2.05. The maximum atomic E-state index is 12.0. The van der Waals surface area contributed by atoms with Gasteiger partial charge in [0.05, 0.1) is 10.9 Å². The zero-order chi connectivity index (χ0) is 11.9. The molecule has 16 heavy (non-hydrogen) atoms. The zero-order valence-electron chi connectivity index (χ0n) is 9.17. The van der Waals surface area contributed by atoms with Gasteiger partial charge in [-0.3, -0.25) is 4.79 Å². The van der Waals surface area contributed by atoms with Gasteiger partial charge in [-0.25, -0.2) is 8.42 Å². The van der Waals surface area contributed by atoms with Crippen LogP contribution in [0.5, 0.6) is 0 Å². The number of rotatable bonds is 3. The molecule has 1 saturated heterocycles. The van der Waals surface area contributed by atoms with Crippen molar-refractivity contribution in [1.29, 1.82) is 0 Å². The van der Waals surface area contributed by atoms with Gasteiger partial charge in [-0.15, -0.1) is 0 Å². The van der Waals surface area contributed by atoms with E-state index in [2.05, 4.69) is 0 Å². The molecule has 1 unspecified atom stereocenters. The van der Waals surface area contributed by atoms with Crippen LogP contribution in [0.4, 0.5) is 0 Å². The molecule has 0 radical (unpaired) electrons. The summed E-state index contributed by atoms with van der Waals surface area (Å²) in [6, 6.07) is 6.19. The van der Waals surface area contributed by atoms with Crippen molar-refractivity contribution < 1.29 is 13.2 Å². The highest BCUT2D eigenvalue weighted by atomic mass is 32.2. The topological polar surface area (TPSA) is 54.2 Å². The van der Waals surface area contributed by atoms with E-state index < -0.39 is 16.1 Å². The molecule has 0 spiro atoms. The summed E-state index contributed by atoms with van der Waals surface area (Å²) in [6.07, 6.45) is 0. The molecule has 4 nitrogen and oxygen atoms in total. The van der Waals surface area contributed by atoms with Crippen LogP contribution in [0.25, 0.3) is 0 Å². The van der Waals surface area contributed by atoms with Crippen LogP contribution in [-0.4, -0.2) is 31.1 Å². The highest BCUT2D eigenvalue weighted by Gasteiger charge is 2.47. The van der Waals surface area contributed by atoms with Crippen LogP contribution in [0.3, 0.4) is 0 Å². The Kier molecular flexibility index (Phi) is 2.59. The van der Waals surface area contributed by atoms with Gasteiger partial charge in [0.2, 0.25) is 10.0 Å². The fourth-order valence-corrected chi connectivity index (χ4v) is 3.14.